The van der Waals surface area contributed by atoms with E-state index in [1.165, 1.54) is 30.5 Å². The number of sulfone groups is 1. The summed E-state index contributed by atoms with van der Waals surface area (Å²) >= 11 is 0. The van der Waals surface area contributed by atoms with Crippen LogP contribution in [0.15, 0.2) is 53.7 Å². The van der Waals surface area contributed by atoms with Gasteiger partial charge in [0.15, 0.2) is 9.84 Å². The van der Waals surface area contributed by atoms with Crippen LogP contribution < -0.4 is 5.32 Å². The standard InChI is InChI=1S/C13H12N2O3S/c1-19(17,18)12-6-4-10(5-7-12)13(16)15-11-3-2-8-14-9-11/h2-9H,1H3,(H,15,16). The summed E-state index contributed by atoms with van der Waals surface area (Å²) in [5.41, 5.74) is 0.968. The van der Waals surface area contributed by atoms with Crippen molar-refractivity contribution in [2.24, 2.45) is 0 Å². The number of nitrogens with one attached hydrogen (secondary N) is 1. The minimum atomic E-state index is -3.25. The van der Waals surface area contributed by atoms with Gasteiger partial charge in [-0.25, -0.2) is 8.42 Å². The lowest BCUT2D eigenvalue weighted by Crippen LogP contribution is -2.12. The van der Waals surface area contributed by atoms with Gasteiger partial charge < -0.3 is 5.32 Å². The number of hydrogen-bond acceptors (Lipinski definition) is 4. The third-order valence-electron chi connectivity index (χ3n) is 2.46. The molecule has 1 amide bonds. The molecule has 1 heterocycles. The maximum Gasteiger partial charge on any atom is 0.255 e. The first-order valence-corrected chi connectivity index (χ1v) is 7.37. The molecule has 1 aromatic heterocycles. The molecular formula is C13H12N2O3S. The van der Waals surface area contributed by atoms with E-state index in [0.29, 0.717) is 11.3 Å². The molecule has 19 heavy (non-hydrogen) atoms. The van der Waals surface area contributed by atoms with Crippen LogP contribution in [0.25, 0.3) is 0 Å². The topological polar surface area (TPSA) is 76.1 Å². The molecule has 0 saturated carbocycles. The maximum atomic E-state index is 11.9. The van der Waals surface area contributed by atoms with Crippen molar-refractivity contribution in [3.8, 4) is 0 Å². The van der Waals surface area contributed by atoms with Crippen molar-refractivity contribution in [3.63, 3.8) is 0 Å². The number of carbonyl (C=O) groups excluding carboxylic acids is 1. The Morgan fingerprint density at radius 2 is 1.84 bits per heavy atom. The van der Waals surface area contributed by atoms with Crippen LogP contribution in [0.5, 0.6) is 0 Å². The van der Waals surface area contributed by atoms with Crippen molar-refractivity contribution in [1.82, 2.24) is 4.98 Å². The van der Waals surface area contributed by atoms with Gasteiger partial charge in [-0.15, -0.1) is 0 Å². The number of hydrogen-bond donors (Lipinski definition) is 1. The molecule has 0 aliphatic rings. The van der Waals surface area contributed by atoms with Crippen molar-refractivity contribution in [2.75, 3.05) is 11.6 Å². The summed E-state index contributed by atoms with van der Waals surface area (Å²) in [6.07, 6.45) is 4.26. The minimum Gasteiger partial charge on any atom is -0.321 e. The molecule has 1 aromatic carbocycles. The van der Waals surface area contributed by atoms with Crippen LogP contribution >= 0.6 is 0 Å². The molecule has 0 unspecified atom stereocenters. The predicted octanol–water partition coefficient (Wildman–Crippen LogP) is 1.74. The minimum absolute atomic E-state index is 0.186. The lowest BCUT2D eigenvalue weighted by Gasteiger charge is -2.05. The van der Waals surface area contributed by atoms with Crippen LogP contribution in [0.2, 0.25) is 0 Å². The Hall–Kier alpha value is -2.21. The smallest absolute Gasteiger partial charge is 0.255 e. The van der Waals surface area contributed by atoms with Gasteiger partial charge >= 0.3 is 0 Å². The van der Waals surface area contributed by atoms with E-state index in [1.54, 1.807) is 18.3 Å². The lowest BCUT2D eigenvalue weighted by atomic mass is 10.2. The van der Waals surface area contributed by atoms with Gasteiger partial charge in [0.1, 0.15) is 0 Å². The van der Waals surface area contributed by atoms with Gasteiger partial charge in [0.25, 0.3) is 5.91 Å². The molecule has 5 nitrogen and oxygen atoms in total. The number of pyridine rings is 1. The normalized spacial score (nSPS) is 11.0. The molecular weight excluding hydrogens is 264 g/mol. The highest BCUT2D eigenvalue weighted by Crippen LogP contribution is 2.12. The fraction of sp³-hybridized carbons (Fsp3) is 0.0769. The van der Waals surface area contributed by atoms with E-state index in [4.69, 9.17) is 0 Å². The fourth-order valence-electron chi connectivity index (χ4n) is 1.49. The first-order valence-electron chi connectivity index (χ1n) is 5.48. The fourth-order valence-corrected chi connectivity index (χ4v) is 2.12. The third-order valence-corrected chi connectivity index (χ3v) is 3.59. The summed E-state index contributed by atoms with van der Waals surface area (Å²) in [6, 6.07) is 9.20. The summed E-state index contributed by atoms with van der Waals surface area (Å²) in [5.74, 6) is -0.312. The monoisotopic (exact) mass is 276 g/mol. The zero-order valence-corrected chi connectivity index (χ0v) is 11.0. The number of benzene rings is 1. The maximum absolute atomic E-state index is 11.9. The number of amides is 1. The summed E-state index contributed by atoms with van der Waals surface area (Å²) in [7, 11) is -3.25. The largest absolute Gasteiger partial charge is 0.321 e. The van der Waals surface area contributed by atoms with Crippen LogP contribution in [0.3, 0.4) is 0 Å². The highest BCUT2D eigenvalue weighted by Gasteiger charge is 2.09. The molecule has 0 aliphatic carbocycles. The molecule has 98 valence electrons. The SMILES string of the molecule is CS(=O)(=O)c1ccc(C(=O)Nc2cccnc2)cc1. The molecule has 0 aliphatic heterocycles. The zero-order chi connectivity index (χ0) is 13.9. The van der Waals surface area contributed by atoms with Crippen LogP contribution in [-0.2, 0) is 9.84 Å². The Morgan fingerprint density at radius 1 is 1.16 bits per heavy atom. The van der Waals surface area contributed by atoms with Gasteiger partial charge in [-0.05, 0) is 36.4 Å². The average molecular weight is 276 g/mol. The number of nitrogens with zero attached hydrogens (tertiary/aromatic N) is 1. The first kappa shape index (κ1) is 13.2. The van der Waals surface area contributed by atoms with E-state index >= 15 is 0 Å². The van der Waals surface area contributed by atoms with E-state index in [0.717, 1.165) is 6.26 Å². The summed E-state index contributed by atoms with van der Waals surface area (Å²) in [6.45, 7) is 0. The quantitative estimate of drug-likeness (QED) is 0.926. The molecule has 0 saturated heterocycles. The zero-order valence-electron chi connectivity index (χ0n) is 10.2. The number of anilines is 1. The second-order valence-electron chi connectivity index (χ2n) is 3.99. The predicted molar refractivity (Wildman–Crippen MR) is 71.7 cm³/mol. The van der Waals surface area contributed by atoms with Crippen LogP contribution in [0.4, 0.5) is 5.69 Å². The second-order valence-corrected chi connectivity index (χ2v) is 6.01. The van der Waals surface area contributed by atoms with Crippen molar-refractivity contribution >= 4 is 21.4 Å². The van der Waals surface area contributed by atoms with E-state index < -0.39 is 9.84 Å². The van der Waals surface area contributed by atoms with E-state index in [-0.39, 0.29) is 10.8 Å². The Balaban J connectivity index is 2.17. The van der Waals surface area contributed by atoms with Crippen molar-refractivity contribution in [1.29, 1.82) is 0 Å². The average Bonchev–Trinajstić information content (AvgIpc) is 2.39. The van der Waals surface area contributed by atoms with Gasteiger partial charge in [0.05, 0.1) is 16.8 Å². The van der Waals surface area contributed by atoms with Crippen molar-refractivity contribution < 1.29 is 13.2 Å². The Bertz CT molecular complexity index is 680. The van der Waals surface area contributed by atoms with Crippen LogP contribution in [-0.4, -0.2) is 25.6 Å². The van der Waals surface area contributed by atoms with Gasteiger partial charge in [0, 0.05) is 18.0 Å². The summed E-state index contributed by atoms with van der Waals surface area (Å²) < 4.78 is 22.6. The second kappa shape index (κ2) is 5.19. The molecule has 0 radical (unpaired) electrons. The number of rotatable bonds is 3. The van der Waals surface area contributed by atoms with Gasteiger partial charge in [-0.1, -0.05) is 0 Å². The number of aromatic nitrogens is 1. The summed E-state index contributed by atoms with van der Waals surface area (Å²) in [5, 5.41) is 2.67. The molecule has 2 aromatic rings. The van der Waals surface area contributed by atoms with Crippen molar-refractivity contribution in [3.05, 3.63) is 54.4 Å². The number of carbonyl (C=O) groups is 1. The van der Waals surface area contributed by atoms with Gasteiger partial charge in [0.2, 0.25) is 0 Å². The molecule has 0 atom stereocenters. The Labute approximate surface area is 111 Å². The van der Waals surface area contributed by atoms with E-state index in [1.807, 2.05) is 0 Å². The Morgan fingerprint density at radius 3 is 2.37 bits per heavy atom. The van der Waals surface area contributed by atoms with Gasteiger partial charge in [-0.2, -0.15) is 0 Å². The molecule has 6 heteroatoms. The first-order chi connectivity index (χ1) is 8.97. The van der Waals surface area contributed by atoms with E-state index in [2.05, 4.69) is 10.3 Å². The lowest BCUT2D eigenvalue weighted by molar-refractivity contribution is 0.102. The molecule has 0 spiro atoms. The molecule has 0 bridgehead atoms. The van der Waals surface area contributed by atoms with Crippen molar-refractivity contribution in [2.45, 2.75) is 4.90 Å². The molecule has 0 fully saturated rings. The summed E-state index contributed by atoms with van der Waals surface area (Å²) in [4.78, 5) is 16.0. The van der Waals surface area contributed by atoms with E-state index in [9.17, 15) is 13.2 Å². The highest BCUT2D eigenvalue weighted by atomic mass is 32.2. The van der Waals surface area contributed by atoms with Crippen LogP contribution in [0.1, 0.15) is 10.4 Å². The highest BCUT2D eigenvalue weighted by molar-refractivity contribution is 7.90. The Kier molecular flexibility index (Phi) is 3.62. The molecule has 2 rings (SSSR count). The van der Waals surface area contributed by atoms with Gasteiger partial charge in [-0.3, -0.25) is 9.78 Å². The molecule has 1 N–H and O–H groups in total. The van der Waals surface area contributed by atoms with Crippen LogP contribution in [0, 0.1) is 0 Å². The third kappa shape index (κ3) is 3.38.